The van der Waals surface area contributed by atoms with Crippen molar-refractivity contribution in [2.45, 2.75) is 40.2 Å². The van der Waals surface area contributed by atoms with E-state index in [1.54, 1.807) is 0 Å². The fraction of sp³-hybridized carbons (Fsp3) is 0.611. The Labute approximate surface area is 128 Å². The number of fused-ring (bicyclic) bond motifs is 1. The van der Waals surface area contributed by atoms with Crippen LogP contribution < -0.4 is 5.32 Å². The maximum atomic E-state index is 12.5. The molecule has 3 nitrogen and oxygen atoms in total. The van der Waals surface area contributed by atoms with Crippen molar-refractivity contribution in [3.63, 3.8) is 0 Å². The van der Waals surface area contributed by atoms with Crippen LogP contribution in [0.25, 0.3) is 0 Å². The maximum absolute atomic E-state index is 12.5. The lowest BCUT2D eigenvalue weighted by Crippen LogP contribution is -2.38. The minimum atomic E-state index is -0.449. The van der Waals surface area contributed by atoms with Gasteiger partial charge in [-0.1, -0.05) is 52.0 Å². The van der Waals surface area contributed by atoms with Crippen molar-refractivity contribution in [1.82, 2.24) is 5.32 Å². The van der Waals surface area contributed by atoms with Gasteiger partial charge in [-0.2, -0.15) is 0 Å². The molecule has 1 atom stereocenters. The molecular formula is C18H27NO2. The number of ether oxygens (including phenoxy) is 1. The van der Waals surface area contributed by atoms with E-state index < -0.39 is 6.10 Å². The molecule has 0 fully saturated rings. The summed E-state index contributed by atoms with van der Waals surface area (Å²) in [6, 6.07) is 8.08. The molecule has 2 rings (SSSR count). The van der Waals surface area contributed by atoms with E-state index in [4.69, 9.17) is 4.74 Å². The summed E-state index contributed by atoms with van der Waals surface area (Å²) in [5.41, 5.74) is 2.25. The Kier molecular flexibility index (Phi) is 5.40. The van der Waals surface area contributed by atoms with Gasteiger partial charge in [0.15, 0.2) is 6.10 Å². The van der Waals surface area contributed by atoms with Crippen molar-refractivity contribution in [3.05, 3.63) is 35.4 Å². The van der Waals surface area contributed by atoms with Gasteiger partial charge in [0.25, 0.3) is 5.91 Å². The van der Waals surface area contributed by atoms with Crippen molar-refractivity contribution >= 4 is 5.91 Å². The van der Waals surface area contributed by atoms with E-state index in [9.17, 15) is 4.79 Å². The van der Waals surface area contributed by atoms with Crippen LogP contribution in [0.1, 0.15) is 44.9 Å². The van der Waals surface area contributed by atoms with Crippen molar-refractivity contribution in [3.8, 4) is 0 Å². The highest BCUT2D eigenvalue weighted by Crippen LogP contribution is 2.27. The van der Waals surface area contributed by atoms with E-state index in [1.807, 2.05) is 18.2 Å². The SMILES string of the molecule is CC(C)C(CNC(=O)C1OCCc2ccccc21)C(C)C. The average molecular weight is 289 g/mol. The second-order valence-corrected chi connectivity index (χ2v) is 6.60. The summed E-state index contributed by atoms with van der Waals surface area (Å²) in [5.74, 6) is 1.61. The zero-order chi connectivity index (χ0) is 15.4. The molecule has 3 heteroatoms. The number of nitrogens with one attached hydrogen (secondary N) is 1. The molecule has 1 aromatic rings. The average Bonchev–Trinajstić information content (AvgIpc) is 2.46. The van der Waals surface area contributed by atoms with Crippen LogP contribution in [0.3, 0.4) is 0 Å². The molecule has 116 valence electrons. The van der Waals surface area contributed by atoms with Crippen molar-refractivity contribution in [1.29, 1.82) is 0 Å². The molecule has 0 aliphatic carbocycles. The van der Waals surface area contributed by atoms with Crippen molar-refractivity contribution in [2.24, 2.45) is 17.8 Å². The molecule has 0 saturated carbocycles. The molecule has 0 radical (unpaired) electrons. The Balaban J connectivity index is 2.02. The Morgan fingerprint density at radius 2 is 1.90 bits per heavy atom. The number of hydrogen-bond acceptors (Lipinski definition) is 2. The molecule has 0 aromatic heterocycles. The van der Waals surface area contributed by atoms with E-state index >= 15 is 0 Å². The third kappa shape index (κ3) is 3.85. The summed E-state index contributed by atoms with van der Waals surface area (Å²) in [6.07, 6.45) is 0.440. The van der Waals surface area contributed by atoms with E-state index in [0.717, 1.165) is 18.5 Å². The summed E-state index contributed by atoms with van der Waals surface area (Å²) in [7, 11) is 0. The van der Waals surface area contributed by atoms with E-state index in [0.29, 0.717) is 24.4 Å². The molecule has 21 heavy (non-hydrogen) atoms. The number of amides is 1. The third-order valence-corrected chi connectivity index (χ3v) is 4.46. The van der Waals surface area contributed by atoms with E-state index in [-0.39, 0.29) is 5.91 Å². The predicted octanol–water partition coefficient (Wildman–Crippen LogP) is 3.34. The van der Waals surface area contributed by atoms with Crippen LogP contribution in [0, 0.1) is 17.8 Å². The maximum Gasteiger partial charge on any atom is 0.253 e. The van der Waals surface area contributed by atoms with Crippen molar-refractivity contribution in [2.75, 3.05) is 13.2 Å². The standard InChI is InChI=1S/C18H27NO2/c1-12(2)16(13(3)4)11-19-18(20)17-15-8-6-5-7-14(15)9-10-21-17/h5-8,12-13,16-17H,9-11H2,1-4H3,(H,19,20). The highest BCUT2D eigenvalue weighted by Gasteiger charge is 2.28. The predicted molar refractivity (Wildman–Crippen MR) is 85.0 cm³/mol. The molecule has 1 amide bonds. The minimum Gasteiger partial charge on any atom is -0.363 e. The molecule has 1 aliphatic heterocycles. The number of hydrogen-bond donors (Lipinski definition) is 1. The Morgan fingerprint density at radius 3 is 2.57 bits per heavy atom. The molecule has 1 unspecified atom stereocenters. The second kappa shape index (κ2) is 7.08. The van der Waals surface area contributed by atoms with Gasteiger partial charge in [0.1, 0.15) is 0 Å². The topological polar surface area (TPSA) is 38.3 Å². The van der Waals surface area contributed by atoms with Gasteiger partial charge >= 0.3 is 0 Å². The first kappa shape index (κ1) is 16.0. The molecule has 1 N–H and O–H groups in total. The first-order valence-electron chi connectivity index (χ1n) is 7.97. The normalized spacial score (nSPS) is 18.1. The summed E-state index contributed by atoms with van der Waals surface area (Å²) in [5, 5.41) is 3.09. The fourth-order valence-corrected chi connectivity index (χ4v) is 3.16. The number of carbonyl (C=O) groups is 1. The lowest BCUT2D eigenvalue weighted by atomic mass is 9.85. The van der Waals surface area contributed by atoms with Crippen LogP contribution in [-0.4, -0.2) is 19.1 Å². The first-order valence-corrected chi connectivity index (χ1v) is 7.97. The van der Waals surface area contributed by atoms with E-state index in [1.165, 1.54) is 5.56 Å². The zero-order valence-corrected chi connectivity index (χ0v) is 13.6. The van der Waals surface area contributed by atoms with E-state index in [2.05, 4.69) is 39.1 Å². The smallest absolute Gasteiger partial charge is 0.253 e. The molecular weight excluding hydrogens is 262 g/mol. The zero-order valence-electron chi connectivity index (χ0n) is 13.6. The van der Waals surface area contributed by atoms with Gasteiger partial charge in [-0.25, -0.2) is 0 Å². The molecule has 1 heterocycles. The van der Waals surface area contributed by atoms with Gasteiger partial charge < -0.3 is 10.1 Å². The highest BCUT2D eigenvalue weighted by molar-refractivity contribution is 5.82. The van der Waals surface area contributed by atoms with Crippen LogP contribution in [0.5, 0.6) is 0 Å². The lowest BCUT2D eigenvalue weighted by molar-refractivity contribution is -0.134. The number of rotatable bonds is 5. The largest absolute Gasteiger partial charge is 0.363 e. The summed E-state index contributed by atoms with van der Waals surface area (Å²) >= 11 is 0. The summed E-state index contributed by atoms with van der Waals surface area (Å²) in [4.78, 5) is 12.5. The highest BCUT2D eigenvalue weighted by atomic mass is 16.5. The molecule has 1 aromatic carbocycles. The van der Waals surface area contributed by atoms with Gasteiger partial charge in [-0.3, -0.25) is 4.79 Å². The second-order valence-electron chi connectivity index (χ2n) is 6.60. The van der Waals surface area contributed by atoms with Crippen LogP contribution in [0.15, 0.2) is 24.3 Å². The molecule has 0 spiro atoms. The first-order chi connectivity index (χ1) is 10.0. The van der Waals surface area contributed by atoms with Gasteiger partial charge in [0.2, 0.25) is 0 Å². The monoisotopic (exact) mass is 289 g/mol. The Morgan fingerprint density at radius 1 is 1.24 bits per heavy atom. The van der Waals surface area contributed by atoms with Crippen LogP contribution in [-0.2, 0) is 16.0 Å². The number of carbonyl (C=O) groups excluding carboxylic acids is 1. The summed E-state index contributed by atoms with van der Waals surface area (Å²) < 4.78 is 5.71. The fourth-order valence-electron chi connectivity index (χ4n) is 3.16. The van der Waals surface area contributed by atoms with Crippen LogP contribution >= 0.6 is 0 Å². The van der Waals surface area contributed by atoms with Gasteiger partial charge in [-0.05, 0) is 35.3 Å². The molecule has 1 aliphatic rings. The van der Waals surface area contributed by atoms with Gasteiger partial charge in [0.05, 0.1) is 6.61 Å². The number of benzene rings is 1. The van der Waals surface area contributed by atoms with Crippen LogP contribution in [0.2, 0.25) is 0 Å². The van der Waals surface area contributed by atoms with Gasteiger partial charge in [0, 0.05) is 6.54 Å². The molecule has 0 saturated heterocycles. The molecule has 0 bridgehead atoms. The Hall–Kier alpha value is -1.35. The Bertz CT molecular complexity index is 474. The van der Waals surface area contributed by atoms with Crippen LogP contribution in [0.4, 0.5) is 0 Å². The van der Waals surface area contributed by atoms with Gasteiger partial charge in [-0.15, -0.1) is 0 Å². The minimum absolute atomic E-state index is 0.00606. The third-order valence-electron chi connectivity index (χ3n) is 4.46. The lowest BCUT2D eigenvalue weighted by Gasteiger charge is -2.28. The van der Waals surface area contributed by atoms with Crippen molar-refractivity contribution < 1.29 is 9.53 Å². The summed E-state index contributed by atoms with van der Waals surface area (Å²) in [6.45, 7) is 10.2. The quantitative estimate of drug-likeness (QED) is 0.903.